The van der Waals surface area contributed by atoms with Gasteiger partial charge in [-0.2, -0.15) is 0 Å². The van der Waals surface area contributed by atoms with Crippen molar-refractivity contribution in [1.29, 1.82) is 0 Å². The van der Waals surface area contributed by atoms with Crippen molar-refractivity contribution in [2.75, 3.05) is 13.1 Å². The highest BCUT2D eigenvalue weighted by Gasteiger charge is 2.28. The molecule has 1 aromatic heterocycles. The van der Waals surface area contributed by atoms with Crippen LogP contribution in [-0.2, 0) is 0 Å². The molecule has 0 radical (unpaired) electrons. The van der Waals surface area contributed by atoms with Crippen molar-refractivity contribution in [3.05, 3.63) is 69.7 Å². The van der Waals surface area contributed by atoms with Gasteiger partial charge >= 0.3 is 0 Å². The van der Waals surface area contributed by atoms with Crippen LogP contribution in [0.2, 0.25) is 0 Å². The molecule has 1 aromatic carbocycles. The molecule has 4 rings (SSSR count). The van der Waals surface area contributed by atoms with E-state index in [2.05, 4.69) is 9.97 Å². The summed E-state index contributed by atoms with van der Waals surface area (Å²) in [4.78, 5) is 33.4. The van der Waals surface area contributed by atoms with E-state index < -0.39 is 0 Å². The number of hydrogen-bond acceptors (Lipinski definition) is 3. The highest BCUT2D eigenvalue weighted by molar-refractivity contribution is 5.94. The van der Waals surface area contributed by atoms with E-state index in [1.165, 1.54) is 18.3 Å². The first kappa shape index (κ1) is 15.7. The largest absolute Gasteiger partial charge is 0.334 e. The molecule has 0 unspecified atom stereocenters. The number of rotatable bonds is 3. The van der Waals surface area contributed by atoms with Gasteiger partial charge in [0.1, 0.15) is 17.2 Å². The fraction of sp³-hybridized carbons (Fsp3) is 0.316. The number of amides is 1. The quantitative estimate of drug-likeness (QED) is 0.935. The molecule has 0 bridgehead atoms. The van der Waals surface area contributed by atoms with Crippen molar-refractivity contribution >= 4 is 11.5 Å². The van der Waals surface area contributed by atoms with Crippen LogP contribution in [0.3, 0.4) is 0 Å². The summed E-state index contributed by atoms with van der Waals surface area (Å²) < 4.78 is 13.0. The van der Waals surface area contributed by atoms with Gasteiger partial charge in [-0.05, 0) is 42.5 Å². The summed E-state index contributed by atoms with van der Waals surface area (Å²) in [5.41, 5.74) is 1.76. The molecule has 0 spiro atoms. The molecule has 0 saturated heterocycles. The Morgan fingerprint density at radius 1 is 1.24 bits per heavy atom. The molecule has 1 saturated carbocycles. The third-order valence-electron chi connectivity index (χ3n) is 4.72. The van der Waals surface area contributed by atoms with Crippen LogP contribution in [0.1, 0.15) is 46.9 Å². The second-order valence-corrected chi connectivity index (χ2v) is 6.52. The van der Waals surface area contributed by atoms with Gasteiger partial charge in [-0.25, -0.2) is 9.37 Å². The molecule has 1 N–H and O–H groups in total. The number of aromatic nitrogens is 2. The zero-order valence-electron chi connectivity index (χ0n) is 13.7. The van der Waals surface area contributed by atoms with Crippen molar-refractivity contribution in [1.82, 2.24) is 14.9 Å². The fourth-order valence-corrected chi connectivity index (χ4v) is 3.08. The number of carbonyl (C=O) groups is 1. The van der Waals surface area contributed by atoms with Crippen LogP contribution in [0.15, 0.2) is 41.3 Å². The number of aromatic amines is 1. The lowest BCUT2D eigenvalue weighted by Gasteiger charge is -2.26. The molecule has 2 aliphatic rings. The molecular weight excluding hydrogens is 321 g/mol. The third kappa shape index (κ3) is 3.24. The van der Waals surface area contributed by atoms with Crippen LogP contribution in [0, 0.1) is 5.82 Å². The Morgan fingerprint density at radius 3 is 2.60 bits per heavy atom. The van der Waals surface area contributed by atoms with Crippen LogP contribution in [0.25, 0.3) is 5.57 Å². The second kappa shape index (κ2) is 6.27. The summed E-state index contributed by atoms with van der Waals surface area (Å²) in [6.45, 7) is 0.946. The average Bonchev–Trinajstić information content (AvgIpc) is 3.47. The van der Waals surface area contributed by atoms with Gasteiger partial charge in [0.2, 0.25) is 0 Å². The topological polar surface area (TPSA) is 66.1 Å². The van der Waals surface area contributed by atoms with E-state index in [1.807, 2.05) is 6.08 Å². The molecule has 2 heterocycles. The van der Waals surface area contributed by atoms with E-state index in [9.17, 15) is 14.0 Å². The lowest BCUT2D eigenvalue weighted by atomic mass is 9.99. The Morgan fingerprint density at radius 2 is 2.00 bits per heavy atom. The van der Waals surface area contributed by atoms with Gasteiger partial charge in [0.15, 0.2) is 0 Å². The predicted molar refractivity (Wildman–Crippen MR) is 91.7 cm³/mol. The van der Waals surface area contributed by atoms with Gasteiger partial charge in [-0.15, -0.1) is 0 Å². The standard InChI is InChI=1S/C19H18FN3O2/c20-15-5-3-12(4-6-15)13-7-9-23(10-8-13)19(25)16-11-21-17(14-1-2-14)22-18(16)24/h3-7,11,14H,1-2,8-10H2,(H,21,22,24). The monoisotopic (exact) mass is 339 g/mol. The zero-order valence-corrected chi connectivity index (χ0v) is 13.7. The molecule has 128 valence electrons. The van der Waals surface area contributed by atoms with E-state index in [0.29, 0.717) is 31.3 Å². The number of nitrogens with zero attached hydrogens (tertiary/aromatic N) is 2. The van der Waals surface area contributed by atoms with Crippen molar-refractivity contribution in [3.8, 4) is 0 Å². The maximum atomic E-state index is 13.0. The lowest BCUT2D eigenvalue weighted by molar-refractivity contribution is 0.0770. The number of nitrogens with one attached hydrogen (secondary N) is 1. The fourth-order valence-electron chi connectivity index (χ4n) is 3.08. The molecule has 0 atom stereocenters. The molecule has 6 heteroatoms. The molecule has 5 nitrogen and oxygen atoms in total. The third-order valence-corrected chi connectivity index (χ3v) is 4.72. The predicted octanol–water partition coefficient (Wildman–Crippen LogP) is 2.72. The first-order valence-corrected chi connectivity index (χ1v) is 8.45. The molecule has 1 aliphatic heterocycles. The van der Waals surface area contributed by atoms with E-state index in [1.54, 1.807) is 17.0 Å². The highest BCUT2D eigenvalue weighted by Crippen LogP contribution is 2.37. The number of hydrogen-bond donors (Lipinski definition) is 1. The Bertz CT molecular complexity index is 898. The molecular formula is C19H18FN3O2. The SMILES string of the molecule is O=C(c1cnc(C2CC2)[nH]c1=O)N1CC=C(c2ccc(F)cc2)CC1. The average molecular weight is 339 g/mol. The van der Waals surface area contributed by atoms with Crippen molar-refractivity contribution in [3.63, 3.8) is 0 Å². The summed E-state index contributed by atoms with van der Waals surface area (Å²) in [5.74, 6) is 0.454. The summed E-state index contributed by atoms with van der Waals surface area (Å²) >= 11 is 0. The van der Waals surface area contributed by atoms with Crippen LogP contribution in [0.5, 0.6) is 0 Å². The van der Waals surface area contributed by atoms with E-state index in [4.69, 9.17) is 0 Å². The first-order valence-electron chi connectivity index (χ1n) is 8.45. The minimum atomic E-state index is -0.366. The highest BCUT2D eigenvalue weighted by atomic mass is 19.1. The van der Waals surface area contributed by atoms with Crippen molar-refractivity contribution < 1.29 is 9.18 Å². The second-order valence-electron chi connectivity index (χ2n) is 6.52. The first-order chi connectivity index (χ1) is 12.1. The molecule has 2 aromatic rings. The molecule has 1 amide bonds. The Balaban J connectivity index is 1.49. The van der Waals surface area contributed by atoms with Gasteiger partial charge in [0, 0.05) is 25.2 Å². The normalized spacial score (nSPS) is 17.3. The van der Waals surface area contributed by atoms with Gasteiger partial charge in [-0.1, -0.05) is 18.2 Å². The van der Waals surface area contributed by atoms with Crippen molar-refractivity contribution in [2.45, 2.75) is 25.2 Å². The van der Waals surface area contributed by atoms with Crippen molar-refractivity contribution in [2.24, 2.45) is 0 Å². The van der Waals surface area contributed by atoms with E-state index in [0.717, 1.165) is 24.0 Å². The van der Waals surface area contributed by atoms with Crippen LogP contribution < -0.4 is 5.56 Å². The van der Waals surface area contributed by atoms with Gasteiger partial charge in [-0.3, -0.25) is 9.59 Å². The van der Waals surface area contributed by atoms with E-state index >= 15 is 0 Å². The van der Waals surface area contributed by atoms with Crippen LogP contribution >= 0.6 is 0 Å². The maximum Gasteiger partial charge on any atom is 0.263 e. The Kier molecular flexibility index (Phi) is 3.95. The summed E-state index contributed by atoms with van der Waals surface area (Å²) in [6, 6.07) is 6.34. The summed E-state index contributed by atoms with van der Waals surface area (Å²) in [6.07, 6.45) is 6.10. The molecule has 1 fully saturated rings. The lowest BCUT2D eigenvalue weighted by Crippen LogP contribution is -2.38. The summed E-state index contributed by atoms with van der Waals surface area (Å²) in [7, 11) is 0. The Labute approximate surface area is 144 Å². The van der Waals surface area contributed by atoms with Gasteiger partial charge in [0.05, 0.1) is 0 Å². The number of carbonyl (C=O) groups excluding carboxylic acids is 1. The van der Waals surface area contributed by atoms with Gasteiger partial charge < -0.3 is 9.88 Å². The molecule has 25 heavy (non-hydrogen) atoms. The Hall–Kier alpha value is -2.76. The number of halogens is 1. The zero-order chi connectivity index (χ0) is 17.4. The van der Waals surface area contributed by atoms with Crippen LogP contribution in [0.4, 0.5) is 4.39 Å². The minimum Gasteiger partial charge on any atom is -0.334 e. The smallest absolute Gasteiger partial charge is 0.263 e. The summed E-state index contributed by atoms with van der Waals surface area (Å²) in [5, 5.41) is 0. The maximum absolute atomic E-state index is 13.0. The van der Waals surface area contributed by atoms with Crippen LogP contribution in [-0.4, -0.2) is 33.9 Å². The van der Waals surface area contributed by atoms with Gasteiger partial charge in [0.25, 0.3) is 11.5 Å². The minimum absolute atomic E-state index is 0.0861. The number of benzene rings is 1. The van der Waals surface area contributed by atoms with E-state index in [-0.39, 0.29) is 22.8 Å². The number of H-pyrrole nitrogens is 1. The molecule has 1 aliphatic carbocycles.